The molecular weight excluding hydrogens is 832 g/mol. The zero-order valence-corrected chi connectivity index (χ0v) is 33.0. The molecule has 0 radical (unpaired) electrons. The maximum atomic E-state index is 13.6. The summed E-state index contributed by atoms with van der Waals surface area (Å²) in [4.78, 5) is 97.8. The summed E-state index contributed by atoms with van der Waals surface area (Å²) in [6, 6.07) is -0.745. The maximum absolute atomic E-state index is 13.6. The van der Waals surface area contributed by atoms with E-state index in [0.717, 1.165) is 51.7 Å². The van der Waals surface area contributed by atoms with Crippen LogP contribution in [0.1, 0.15) is 43.2 Å². The van der Waals surface area contributed by atoms with E-state index < -0.39 is 88.5 Å². The lowest BCUT2D eigenvalue weighted by molar-refractivity contribution is -0.161. The molecule has 312 valence electrons. The highest BCUT2D eigenvalue weighted by Crippen LogP contribution is 2.36. The molecule has 1 aromatic carbocycles. The van der Waals surface area contributed by atoms with Crippen molar-refractivity contribution in [2.45, 2.75) is 50.3 Å². The summed E-state index contributed by atoms with van der Waals surface area (Å²) < 4.78 is 1.23. The second-order valence-electron chi connectivity index (χ2n) is 12.6. The third kappa shape index (κ3) is 11.1. The van der Waals surface area contributed by atoms with Crippen LogP contribution in [-0.2, 0) is 24.0 Å². The Balaban J connectivity index is 1.35. The number of carboxylic acids is 2. The second kappa shape index (κ2) is 19.2. The van der Waals surface area contributed by atoms with Crippen molar-refractivity contribution in [1.29, 1.82) is 0 Å². The van der Waals surface area contributed by atoms with Crippen molar-refractivity contribution in [2.75, 3.05) is 31.9 Å². The molecule has 2 aliphatic rings. The highest BCUT2D eigenvalue weighted by atomic mass is 35.5. The number of carbonyl (C=O) groups is 7. The minimum atomic E-state index is -1.85. The van der Waals surface area contributed by atoms with Crippen LogP contribution in [0.2, 0.25) is 5.02 Å². The Hall–Kier alpha value is -6.41. The fourth-order valence-corrected chi connectivity index (χ4v) is 7.05. The van der Waals surface area contributed by atoms with Gasteiger partial charge in [0.1, 0.15) is 17.6 Å². The van der Waals surface area contributed by atoms with Gasteiger partial charge in [-0.15, -0.1) is 11.3 Å². The molecule has 24 nitrogen and oxygen atoms in total. The fraction of sp³-hybridized carbons (Fsp3) is 0.387. The average molecular weight is 869 g/mol. The lowest BCUT2D eigenvalue weighted by Crippen LogP contribution is -2.48. The number of carboxylic acid groups (broad SMARTS) is 2. The number of amides is 7. The summed E-state index contributed by atoms with van der Waals surface area (Å²) in [7, 11) is 0. The van der Waals surface area contributed by atoms with Gasteiger partial charge in [0, 0.05) is 18.5 Å². The molecule has 1 aromatic heterocycles. The standard InChI is InChI=1S/C31H37ClN12O12S2/c1-14-11-43(30(55)44(14)37-9-8-36-40-29(54)35-7-6-34-24(50)15-4-5-18(45)23(49)21(15)32)58-26-16(10-19(46)42(26)12-20(47)48)38-25(51)22(17-13-57-28(33)39-17)41-56-31(2,3)27(52)53/h4-5,8-9,13-14,16,26,45,49H,6-7,10-12H2,1-3H3,(H2,33,39)(H,34,50)(H,38,51)(H,47,48)(H,52,53)(H2,35,40,54)/b36-8+,37-9+,41-22-/t14?,16-,26-/m1/s1. The van der Waals surface area contributed by atoms with Gasteiger partial charge in [-0.3, -0.25) is 23.5 Å². The predicted octanol–water partition coefficient (Wildman–Crippen LogP) is -0.0233. The number of aliphatic carboxylic acids is 2. The molecule has 3 heterocycles. The number of hydrogen-bond acceptors (Lipinski definition) is 17. The van der Waals surface area contributed by atoms with Crippen LogP contribution in [0.15, 0.2) is 32.9 Å². The molecule has 2 fully saturated rings. The van der Waals surface area contributed by atoms with E-state index in [1.165, 1.54) is 29.6 Å². The van der Waals surface area contributed by atoms with Crippen LogP contribution in [-0.4, -0.2) is 149 Å². The minimum Gasteiger partial charge on any atom is -0.504 e. The number of aromatic nitrogens is 1. The molecule has 27 heteroatoms. The van der Waals surface area contributed by atoms with Crippen LogP contribution in [0.5, 0.6) is 11.5 Å². The van der Waals surface area contributed by atoms with Crippen LogP contribution in [0, 0.1) is 0 Å². The van der Waals surface area contributed by atoms with Crippen molar-refractivity contribution in [1.82, 2.24) is 40.6 Å². The minimum absolute atomic E-state index is 0.0332. The zero-order valence-electron chi connectivity index (χ0n) is 30.6. The number of urea groups is 2. The number of aromatic hydroxyl groups is 2. The first kappa shape index (κ1) is 44.3. The van der Waals surface area contributed by atoms with Gasteiger partial charge in [0.2, 0.25) is 11.5 Å². The monoisotopic (exact) mass is 868 g/mol. The summed E-state index contributed by atoms with van der Waals surface area (Å²) >= 11 is 7.62. The number of hydrazone groups is 2. The highest BCUT2D eigenvalue weighted by molar-refractivity contribution is 7.98. The van der Waals surface area contributed by atoms with E-state index in [1.807, 2.05) is 0 Å². The number of carbonyl (C=O) groups excluding carboxylic acids is 5. The molecule has 7 amide bonds. The summed E-state index contributed by atoms with van der Waals surface area (Å²) in [5, 5.41) is 58.1. The van der Waals surface area contributed by atoms with E-state index in [-0.39, 0.29) is 47.5 Å². The van der Waals surface area contributed by atoms with Gasteiger partial charge in [0.05, 0.1) is 48.1 Å². The number of hydrogen-bond donors (Lipinski definition) is 9. The summed E-state index contributed by atoms with van der Waals surface area (Å²) in [6.07, 6.45) is 1.82. The Morgan fingerprint density at radius 2 is 1.84 bits per heavy atom. The quantitative estimate of drug-likeness (QED) is 0.0332. The lowest BCUT2D eigenvalue weighted by Gasteiger charge is -2.29. The van der Waals surface area contributed by atoms with Crippen molar-refractivity contribution in [2.24, 2.45) is 15.4 Å². The average Bonchev–Trinajstić information content (AvgIpc) is 3.79. The fourth-order valence-electron chi connectivity index (χ4n) is 4.91. The first-order chi connectivity index (χ1) is 27.3. The molecular formula is C31H37ClN12O12S2. The summed E-state index contributed by atoms with van der Waals surface area (Å²) in [5.41, 5.74) is 5.41. The number of oxime groups is 1. The van der Waals surface area contributed by atoms with Gasteiger partial charge in [-0.05, 0) is 44.9 Å². The number of anilines is 1. The Morgan fingerprint density at radius 3 is 2.50 bits per heavy atom. The molecule has 58 heavy (non-hydrogen) atoms. The van der Waals surface area contributed by atoms with Crippen LogP contribution < -0.4 is 27.1 Å². The van der Waals surface area contributed by atoms with Crippen LogP contribution in [0.4, 0.5) is 14.7 Å². The molecule has 1 unspecified atom stereocenters. The van der Waals surface area contributed by atoms with Crippen molar-refractivity contribution >= 4 is 99.9 Å². The topological polar surface area (TPSA) is 343 Å². The Morgan fingerprint density at radius 1 is 1.14 bits per heavy atom. The number of phenolic OH excluding ortho intramolecular Hbond substituents is 2. The lowest BCUT2D eigenvalue weighted by atomic mass is 10.1. The number of benzene rings is 1. The van der Waals surface area contributed by atoms with Gasteiger partial charge in [-0.1, -0.05) is 16.8 Å². The number of nitrogen functional groups attached to an aromatic ring is 1. The first-order valence-corrected chi connectivity index (χ1v) is 18.8. The molecule has 4 rings (SSSR count). The van der Waals surface area contributed by atoms with Gasteiger partial charge >= 0.3 is 24.0 Å². The van der Waals surface area contributed by atoms with E-state index in [0.29, 0.717) is 0 Å². The van der Waals surface area contributed by atoms with Gasteiger partial charge in [-0.25, -0.2) is 29.8 Å². The first-order valence-electron chi connectivity index (χ1n) is 16.7. The van der Waals surface area contributed by atoms with Crippen LogP contribution >= 0.6 is 34.9 Å². The maximum Gasteiger partial charge on any atom is 0.350 e. The molecule has 10 N–H and O–H groups in total. The smallest absolute Gasteiger partial charge is 0.350 e. The zero-order chi connectivity index (χ0) is 42.9. The molecule has 3 atom stereocenters. The van der Waals surface area contributed by atoms with E-state index >= 15 is 0 Å². The summed E-state index contributed by atoms with van der Waals surface area (Å²) in [6.45, 7) is 3.27. The highest BCUT2D eigenvalue weighted by Gasteiger charge is 2.47. The number of thiazole rings is 1. The van der Waals surface area contributed by atoms with Gasteiger partial charge in [0.15, 0.2) is 22.3 Å². The molecule has 0 saturated carbocycles. The summed E-state index contributed by atoms with van der Waals surface area (Å²) in [5.74, 6) is -6.13. The number of halogens is 1. The SMILES string of the molecule is CC1CN(S[C@@H]2[C@H](NC(=O)/C(=N\OC(C)(C)C(=O)O)c3csc(N)n3)CC(=O)N2CC(=O)O)C(=O)N1/N=C/C=N/NC(=O)NCCNC(=O)c1ccc(O)c(O)c1Cl. The number of nitrogens with zero attached hydrogens (tertiary/aromatic N) is 7. The molecule has 0 spiro atoms. The normalized spacial score (nSPS) is 18.6. The predicted molar refractivity (Wildman–Crippen MR) is 207 cm³/mol. The van der Waals surface area contributed by atoms with Crippen molar-refractivity contribution in [3.63, 3.8) is 0 Å². The van der Waals surface area contributed by atoms with Crippen LogP contribution in [0.3, 0.4) is 0 Å². The Kier molecular flexibility index (Phi) is 14.6. The van der Waals surface area contributed by atoms with Crippen LogP contribution in [0.25, 0.3) is 0 Å². The third-order valence-corrected chi connectivity index (χ3v) is 10.3. The molecule has 0 bridgehead atoms. The van der Waals surface area contributed by atoms with Gasteiger partial charge in [0.25, 0.3) is 11.8 Å². The number of phenols is 2. The van der Waals surface area contributed by atoms with Gasteiger partial charge in [-0.2, -0.15) is 10.2 Å². The third-order valence-electron chi connectivity index (χ3n) is 7.87. The van der Waals surface area contributed by atoms with E-state index in [2.05, 4.69) is 41.7 Å². The van der Waals surface area contributed by atoms with Crippen molar-refractivity contribution in [3.8, 4) is 11.5 Å². The molecule has 0 aliphatic carbocycles. The molecule has 2 saturated heterocycles. The van der Waals surface area contributed by atoms with Gasteiger partial charge < -0.3 is 51.8 Å². The number of rotatable bonds is 17. The largest absolute Gasteiger partial charge is 0.504 e. The number of nitrogens with two attached hydrogens (primary N) is 1. The number of likely N-dealkylation sites (tertiary alicyclic amines) is 1. The number of nitrogens with one attached hydrogen (secondary N) is 4. The van der Waals surface area contributed by atoms with E-state index in [4.69, 9.17) is 22.2 Å². The molecule has 2 aromatic rings. The van der Waals surface area contributed by atoms with E-state index in [1.54, 1.807) is 6.92 Å². The molecule has 2 aliphatic heterocycles. The van der Waals surface area contributed by atoms with E-state index in [9.17, 15) is 54.0 Å². The van der Waals surface area contributed by atoms with Crippen molar-refractivity contribution < 1.29 is 58.8 Å². The Labute approximate surface area is 341 Å². The Bertz CT molecular complexity index is 2050. The van der Waals surface area contributed by atoms with Crippen molar-refractivity contribution in [3.05, 3.63) is 33.8 Å². The second-order valence-corrected chi connectivity index (χ2v) is 15.0.